The molecular formula is C21H17N3O6S. The van der Waals surface area contributed by atoms with Crippen molar-refractivity contribution in [2.75, 3.05) is 10.2 Å². The molecule has 1 atom stereocenters. The second kappa shape index (κ2) is 9.26. The van der Waals surface area contributed by atoms with Gasteiger partial charge in [-0.05, 0) is 42.5 Å². The Bertz CT molecular complexity index is 1100. The van der Waals surface area contributed by atoms with Gasteiger partial charge in [0.2, 0.25) is 23.6 Å². The Morgan fingerprint density at radius 1 is 1.10 bits per heavy atom. The normalized spacial score (nSPS) is 16.0. The summed E-state index contributed by atoms with van der Waals surface area (Å²) >= 11 is 1.18. The van der Waals surface area contributed by atoms with Crippen LogP contribution < -0.4 is 16.0 Å². The summed E-state index contributed by atoms with van der Waals surface area (Å²) in [5, 5.41) is 10.4. The van der Waals surface area contributed by atoms with E-state index in [2.05, 4.69) is 5.32 Å². The summed E-state index contributed by atoms with van der Waals surface area (Å²) in [4.78, 5) is 60.4. The summed E-state index contributed by atoms with van der Waals surface area (Å²) in [6, 6.07) is 12.5. The molecule has 0 bridgehead atoms. The Morgan fingerprint density at radius 2 is 1.81 bits per heavy atom. The molecule has 10 heteroatoms. The van der Waals surface area contributed by atoms with Crippen LogP contribution in [0.2, 0.25) is 0 Å². The van der Waals surface area contributed by atoms with Gasteiger partial charge in [0, 0.05) is 34.7 Å². The largest absolute Gasteiger partial charge is 0.478 e. The minimum absolute atomic E-state index is 0.000985. The number of hydrogen-bond acceptors (Lipinski definition) is 6. The number of amides is 4. The molecule has 1 aliphatic heterocycles. The first kappa shape index (κ1) is 21.8. The predicted octanol–water partition coefficient (Wildman–Crippen LogP) is 1.79. The molecule has 2 aromatic carbocycles. The number of hydrogen-bond donors (Lipinski definition) is 3. The Hall–Kier alpha value is -3.92. The second-order valence-electron chi connectivity index (χ2n) is 6.48. The summed E-state index contributed by atoms with van der Waals surface area (Å²) in [6.07, 6.45) is 1.61. The van der Waals surface area contributed by atoms with Gasteiger partial charge in [0.15, 0.2) is 0 Å². The first-order chi connectivity index (χ1) is 14.7. The number of carbonyl (C=O) groups excluding carboxylic acids is 4. The molecule has 2 aromatic rings. The molecule has 158 valence electrons. The lowest BCUT2D eigenvalue weighted by atomic mass is 10.2. The summed E-state index contributed by atoms with van der Waals surface area (Å²) in [6.45, 7) is 0. The zero-order valence-electron chi connectivity index (χ0n) is 16.0. The lowest BCUT2D eigenvalue weighted by Crippen LogP contribution is -2.31. The number of primary amides is 1. The molecule has 0 aromatic heterocycles. The average molecular weight is 439 g/mol. The van der Waals surface area contributed by atoms with Crippen LogP contribution in [0.25, 0.3) is 0 Å². The van der Waals surface area contributed by atoms with E-state index in [4.69, 9.17) is 10.8 Å². The van der Waals surface area contributed by atoms with E-state index in [-0.39, 0.29) is 23.8 Å². The van der Waals surface area contributed by atoms with E-state index >= 15 is 0 Å². The molecule has 0 spiro atoms. The van der Waals surface area contributed by atoms with Gasteiger partial charge in [-0.2, -0.15) is 0 Å². The highest BCUT2D eigenvalue weighted by Crippen LogP contribution is 2.34. The second-order valence-corrected chi connectivity index (χ2v) is 7.75. The van der Waals surface area contributed by atoms with Crippen LogP contribution >= 0.6 is 11.8 Å². The molecule has 1 aliphatic rings. The number of thioether (sulfide) groups is 1. The maximum absolute atomic E-state index is 12.8. The first-order valence-corrected chi connectivity index (χ1v) is 9.88. The molecule has 4 amide bonds. The van der Waals surface area contributed by atoms with Crippen LogP contribution in [0, 0.1) is 0 Å². The van der Waals surface area contributed by atoms with Crippen molar-refractivity contribution >= 4 is 52.7 Å². The van der Waals surface area contributed by atoms with Gasteiger partial charge in [0.25, 0.3) is 0 Å². The van der Waals surface area contributed by atoms with Crippen LogP contribution in [0.1, 0.15) is 16.8 Å². The fraction of sp³-hybridized carbons (Fsp3) is 0.0952. The Labute approximate surface area is 180 Å². The average Bonchev–Trinajstić information content (AvgIpc) is 2.99. The maximum atomic E-state index is 12.8. The van der Waals surface area contributed by atoms with Crippen molar-refractivity contribution < 1.29 is 29.1 Å². The van der Waals surface area contributed by atoms with Gasteiger partial charge >= 0.3 is 5.97 Å². The van der Waals surface area contributed by atoms with E-state index in [1.165, 1.54) is 36.0 Å². The van der Waals surface area contributed by atoms with Crippen molar-refractivity contribution in [3.63, 3.8) is 0 Å². The number of carbonyl (C=O) groups is 5. The number of imide groups is 1. The van der Waals surface area contributed by atoms with Crippen molar-refractivity contribution in [3.8, 4) is 0 Å². The highest BCUT2D eigenvalue weighted by Gasteiger charge is 2.40. The minimum Gasteiger partial charge on any atom is -0.478 e. The third-order valence-corrected chi connectivity index (χ3v) is 5.45. The van der Waals surface area contributed by atoms with E-state index < -0.39 is 23.0 Å². The molecule has 1 fully saturated rings. The lowest BCUT2D eigenvalue weighted by molar-refractivity contribution is -0.131. The monoisotopic (exact) mass is 439 g/mol. The van der Waals surface area contributed by atoms with Crippen LogP contribution in [-0.2, 0) is 19.2 Å². The highest BCUT2D eigenvalue weighted by atomic mass is 32.2. The zero-order chi connectivity index (χ0) is 22.5. The number of benzene rings is 2. The SMILES string of the molecule is NC(=O)c1ccc(N2C(=O)CC(Sc3cccc(NC(=O)C=CC(=O)O)c3)C2=O)cc1. The van der Waals surface area contributed by atoms with E-state index in [1.54, 1.807) is 24.3 Å². The van der Waals surface area contributed by atoms with Crippen LogP contribution in [0.4, 0.5) is 11.4 Å². The molecule has 0 radical (unpaired) electrons. The number of aliphatic carboxylic acids is 1. The van der Waals surface area contributed by atoms with Gasteiger partial charge in [-0.15, -0.1) is 11.8 Å². The molecule has 1 heterocycles. The molecular weight excluding hydrogens is 422 g/mol. The number of rotatable bonds is 7. The summed E-state index contributed by atoms with van der Waals surface area (Å²) in [7, 11) is 0. The van der Waals surface area contributed by atoms with E-state index in [0.29, 0.717) is 16.3 Å². The lowest BCUT2D eigenvalue weighted by Gasteiger charge is -2.15. The molecule has 0 saturated carbocycles. The Balaban J connectivity index is 1.70. The minimum atomic E-state index is -1.24. The highest BCUT2D eigenvalue weighted by molar-refractivity contribution is 8.00. The predicted molar refractivity (Wildman–Crippen MR) is 114 cm³/mol. The summed E-state index contributed by atoms with van der Waals surface area (Å²) in [5.74, 6) is -3.21. The molecule has 9 nitrogen and oxygen atoms in total. The fourth-order valence-corrected chi connectivity index (χ4v) is 4.00. The Morgan fingerprint density at radius 3 is 2.45 bits per heavy atom. The van der Waals surface area contributed by atoms with Crippen LogP contribution in [0.3, 0.4) is 0 Å². The molecule has 1 unspecified atom stereocenters. The van der Waals surface area contributed by atoms with Crippen molar-refractivity contribution in [1.29, 1.82) is 0 Å². The Kier molecular flexibility index (Phi) is 6.51. The van der Waals surface area contributed by atoms with E-state index in [9.17, 15) is 24.0 Å². The van der Waals surface area contributed by atoms with Gasteiger partial charge in [-0.1, -0.05) is 6.07 Å². The van der Waals surface area contributed by atoms with Crippen molar-refractivity contribution in [3.05, 3.63) is 66.2 Å². The van der Waals surface area contributed by atoms with E-state index in [0.717, 1.165) is 17.1 Å². The number of nitrogens with one attached hydrogen (secondary N) is 1. The summed E-state index contributed by atoms with van der Waals surface area (Å²) in [5.41, 5.74) is 6.25. The van der Waals surface area contributed by atoms with Gasteiger partial charge < -0.3 is 16.2 Å². The van der Waals surface area contributed by atoms with Crippen molar-refractivity contribution in [2.45, 2.75) is 16.6 Å². The molecule has 0 aliphatic carbocycles. The third kappa shape index (κ3) is 5.37. The van der Waals surface area contributed by atoms with E-state index in [1.807, 2.05) is 0 Å². The quantitative estimate of drug-likeness (QED) is 0.440. The van der Waals surface area contributed by atoms with Crippen LogP contribution in [0.15, 0.2) is 65.6 Å². The van der Waals surface area contributed by atoms with Crippen LogP contribution in [-0.4, -0.2) is 40.0 Å². The standard InChI is InChI=1S/C21H17N3O6S/c22-20(29)12-4-6-14(7-5-12)24-18(26)11-16(21(24)30)31-15-3-1-2-13(10-15)23-17(25)8-9-19(27)28/h1-10,16H,11H2,(H2,22,29)(H,23,25)(H,27,28). The first-order valence-electron chi connectivity index (χ1n) is 9.00. The van der Waals surface area contributed by atoms with Gasteiger partial charge in [0.05, 0.1) is 10.9 Å². The topological polar surface area (TPSA) is 147 Å². The van der Waals surface area contributed by atoms with Gasteiger partial charge in [-0.3, -0.25) is 19.2 Å². The third-order valence-electron chi connectivity index (χ3n) is 4.27. The van der Waals surface area contributed by atoms with Gasteiger partial charge in [-0.25, -0.2) is 9.69 Å². The van der Waals surface area contributed by atoms with Crippen molar-refractivity contribution in [2.24, 2.45) is 5.73 Å². The fourth-order valence-electron chi connectivity index (χ4n) is 2.88. The maximum Gasteiger partial charge on any atom is 0.328 e. The number of nitrogens with two attached hydrogens (primary N) is 1. The van der Waals surface area contributed by atoms with Crippen LogP contribution in [0.5, 0.6) is 0 Å². The smallest absolute Gasteiger partial charge is 0.328 e. The van der Waals surface area contributed by atoms with Crippen molar-refractivity contribution in [1.82, 2.24) is 0 Å². The number of carboxylic acids is 1. The molecule has 4 N–H and O–H groups in total. The number of anilines is 2. The number of nitrogens with zero attached hydrogens (tertiary/aromatic N) is 1. The number of carboxylic acid groups (broad SMARTS) is 1. The van der Waals surface area contributed by atoms with Gasteiger partial charge in [0.1, 0.15) is 0 Å². The molecule has 31 heavy (non-hydrogen) atoms. The molecule has 1 saturated heterocycles. The zero-order valence-corrected chi connectivity index (χ0v) is 16.8. The molecule has 3 rings (SSSR count). The summed E-state index contributed by atoms with van der Waals surface area (Å²) < 4.78 is 0.